The lowest BCUT2D eigenvalue weighted by molar-refractivity contribution is -0.385. The Labute approximate surface area is 139 Å². The van der Waals surface area contributed by atoms with Crippen molar-refractivity contribution in [1.29, 1.82) is 0 Å². The number of rotatable bonds is 4. The molecule has 1 aromatic carbocycles. The first-order valence-electron chi connectivity index (χ1n) is 7.95. The fraction of sp³-hybridized carbons (Fsp3) is 0.412. The van der Waals surface area contributed by atoms with Gasteiger partial charge in [-0.1, -0.05) is 31.2 Å². The first kappa shape index (κ1) is 16.2. The van der Waals surface area contributed by atoms with Gasteiger partial charge in [-0.3, -0.25) is 19.6 Å². The van der Waals surface area contributed by atoms with E-state index in [1.807, 2.05) is 12.1 Å². The van der Waals surface area contributed by atoms with Crippen LogP contribution in [0.4, 0.5) is 5.69 Å². The lowest BCUT2D eigenvalue weighted by Gasteiger charge is -2.36. The molecule has 7 heteroatoms. The molecule has 1 aromatic heterocycles. The van der Waals surface area contributed by atoms with Crippen LogP contribution in [0.15, 0.2) is 30.5 Å². The highest BCUT2D eigenvalue weighted by Crippen LogP contribution is 2.36. The number of carbonyl (C=O) groups is 1. The van der Waals surface area contributed by atoms with Crippen LogP contribution in [0.25, 0.3) is 0 Å². The molecular weight excluding hydrogens is 308 g/mol. The van der Waals surface area contributed by atoms with Crippen LogP contribution in [0, 0.1) is 10.1 Å². The van der Waals surface area contributed by atoms with Crippen LogP contribution in [0.5, 0.6) is 0 Å². The summed E-state index contributed by atoms with van der Waals surface area (Å²) in [4.78, 5) is 22.9. The third-order valence-electron chi connectivity index (χ3n) is 4.81. The second-order valence-corrected chi connectivity index (χ2v) is 6.51. The van der Waals surface area contributed by atoms with Crippen LogP contribution in [-0.4, -0.2) is 27.2 Å². The van der Waals surface area contributed by atoms with E-state index in [0.717, 1.165) is 25.5 Å². The Morgan fingerprint density at radius 2 is 2.21 bits per heavy atom. The van der Waals surface area contributed by atoms with Crippen molar-refractivity contribution in [2.45, 2.75) is 31.6 Å². The van der Waals surface area contributed by atoms with Gasteiger partial charge in [-0.25, -0.2) is 0 Å². The minimum atomic E-state index is -0.584. The van der Waals surface area contributed by atoms with Crippen LogP contribution in [0.2, 0.25) is 0 Å². The third-order valence-corrected chi connectivity index (χ3v) is 4.81. The summed E-state index contributed by atoms with van der Waals surface area (Å²) in [5.74, 6) is -0.467. The van der Waals surface area contributed by atoms with Crippen molar-refractivity contribution < 1.29 is 9.72 Å². The number of carbonyl (C=O) groups excluding carboxylic acids is 1. The van der Waals surface area contributed by atoms with Crippen LogP contribution in [-0.2, 0) is 18.9 Å². The molecule has 0 saturated carbocycles. The Morgan fingerprint density at radius 3 is 2.96 bits per heavy atom. The van der Waals surface area contributed by atoms with E-state index in [4.69, 9.17) is 0 Å². The van der Waals surface area contributed by atoms with E-state index < -0.39 is 10.8 Å². The van der Waals surface area contributed by atoms with E-state index in [1.165, 1.54) is 22.9 Å². The van der Waals surface area contributed by atoms with Gasteiger partial charge in [0.05, 0.1) is 4.92 Å². The van der Waals surface area contributed by atoms with Gasteiger partial charge in [0.15, 0.2) is 0 Å². The topological polar surface area (TPSA) is 90.1 Å². The Morgan fingerprint density at radius 1 is 1.46 bits per heavy atom. The van der Waals surface area contributed by atoms with Crippen molar-refractivity contribution >= 4 is 11.6 Å². The highest BCUT2D eigenvalue weighted by molar-refractivity contribution is 5.96. The number of benzene rings is 1. The predicted molar refractivity (Wildman–Crippen MR) is 88.9 cm³/mol. The molecule has 1 amide bonds. The maximum absolute atomic E-state index is 12.5. The van der Waals surface area contributed by atoms with E-state index in [2.05, 4.69) is 29.5 Å². The lowest BCUT2D eigenvalue weighted by atomic mass is 9.71. The Kier molecular flexibility index (Phi) is 4.09. The normalized spacial score (nSPS) is 19.6. The van der Waals surface area contributed by atoms with Gasteiger partial charge in [0.25, 0.3) is 5.91 Å². The average Bonchev–Trinajstić information content (AvgIpc) is 2.95. The monoisotopic (exact) mass is 328 g/mol. The molecule has 0 radical (unpaired) electrons. The minimum Gasteiger partial charge on any atom is -0.350 e. The molecule has 0 aliphatic heterocycles. The summed E-state index contributed by atoms with van der Waals surface area (Å²) in [6, 6.07) is 8.27. The largest absolute Gasteiger partial charge is 0.350 e. The molecule has 0 saturated heterocycles. The van der Waals surface area contributed by atoms with Crippen molar-refractivity contribution in [3.8, 4) is 0 Å². The van der Waals surface area contributed by atoms with Gasteiger partial charge in [-0.05, 0) is 30.4 Å². The molecule has 1 aliphatic carbocycles. The first-order valence-corrected chi connectivity index (χ1v) is 7.95. The molecule has 1 atom stereocenters. The Balaban J connectivity index is 1.81. The minimum absolute atomic E-state index is 0.0207. The second kappa shape index (κ2) is 6.07. The lowest BCUT2D eigenvalue weighted by Crippen LogP contribution is -2.41. The SMILES string of the molecule is Cn1ncc([N+](=O)[O-])c1C(=O)NC[C@@]1(C)CCCc2ccccc21. The van der Waals surface area contributed by atoms with E-state index >= 15 is 0 Å². The summed E-state index contributed by atoms with van der Waals surface area (Å²) >= 11 is 0. The van der Waals surface area contributed by atoms with Gasteiger partial charge >= 0.3 is 5.69 Å². The molecule has 0 spiro atoms. The summed E-state index contributed by atoms with van der Waals surface area (Å²) in [5, 5.41) is 17.7. The van der Waals surface area contributed by atoms with E-state index in [1.54, 1.807) is 0 Å². The van der Waals surface area contributed by atoms with Crippen LogP contribution < -0.4 is 5.32 Å². The van der Waals surface area contributed by atoms with Crippen LogP contribution in [0.1, 0.15) is 41.4 Å². The van der Waals surface area contributed by atoms with Crippen molar-refractivity contribution in [2.24, 2.45) is 7.05 Å². The van der Waals surface area contributed by atoms with Gasteiger partial charge in [-0.2, -0.15) is 5.10 Å². The fourth-order valence-electron chi connectivity index (χ4n) is 3.50. The highest BCUT2D eigenvalue weighted by Gasteiger charge is 2.33. The van der Waals surface area contributed by atoms with Crippen molar-refractivity contribution in [2.75, 3.05) is 6.54 Å². The smallest absolute Gasteiger partial charge is 0.320 e. The predicted octanol–water partition coefficient (Wildman–Crippen LogP) is 2.35. The summed E-state index contributed by atoms with van der Waals surface area (Å²) in [7, 11) is 1.53. The molecule has 1 aliphatic rings. The number of hydrogen-bond acceptors (Lipinski definition) is 4. The number of amides is 1. The van der Waals surface area contributed by atoms with Gasteiger partial charge in [0, 0.05) is 19.0 Å². The molecule has 0 bridgehead atoms. The maximum atomic E-state index is 12.5. The van der Waals surface area contributed by atoms with Crippen molar-refractivity contribution in [3.63, 3.8) is 0 Å². The molecule has 24 heavy (non-hydrogen) atoms. The molecule has 7 nitrogen and oxygen atoms in total. The van der Waals surface area contributed by atoms with E-state index in [-0.39, 0.29) is 16.8 Å². The summed E-state index contributed by atoms with van der Waals surface area (Å²) in [6.45, 7) is 2.56. The molecule has 3 rings (SSSR count). The highest BCUT2D eigenvalue weighted by atomic mass is 16.6. The number of nitro groups is 1. The van der Waals surface area contributed by atoms with E-state index in [0.29, 0.717) is 6.54 Å². The second-order valence-electron chi connectivity index (χ2n) is 6.51. The fourth-order valence-corrected chi connectivity index (χ4v) is 3.50. The number of nitrogens with one attached hydrogen (secondary N) is 1. The quantitative estimate of drug-likeness (QED) is 0.689. The molecule has 1 N–H and O–H groups in total. The zero-order valence-corrected chi connectivity index (χ0v) is 13.8. The van der Waals surface area contributed by atoms with Gasteiger partial charge < -0.3 is 5.32 Å². The maximum Gasteiger partial charge on any atom is 0.320 e. The Bertz CT molecular complexity index is 799. The number of aromatic nitrogens is 2. The van der Waals surface area contributed by atoms with E-state index in [9.17, 15) is 14.9 Å². The third kappa shape index (κ3) is 2.77. The number of aryl methyl sites for hydroxylation is 2. The van der Waals surface area contributed by atoms with Gasteiger partial charge in [-0.15, -0.1) is 0 Å². The zero-order valence-electron chi connectivity index (χ0n) is 13.8. The number of nitrogens with zero attached hydrogens (tertiary/aromatic N) is 3. The molecule has 126 valence electrons. The van der Waals surface area contributed by atoms with Gasteiger partial charge in [0.1, 0.15) is 6.20 Å². The Hall–Kier alpha value is -2.70. The number of hydrogen-bond donors (Lipinski definition) is 1. The summed E-state index contributed by atoms with van der Waals surface area (Å²) in [5.41, 5.74) is 2.10. The first-order chi connectivity index (χ1) is 11.4. The number of fused-ring (bicyclic) bond motifs is 1. The van der Waals surface area contributed by atoms with Crippen molar-refractivity contribution in [1.82, 2.24) is 15.1 Å². The molecule has 1 heterocycles. The van der Waals surface area contributed by atoms with Crippen LogP contribution >= 0.6 is 0 Å². The molecule has 0 fully saturated rings. The molecule has 0 unspecified atom stereocenters. The molecule has 2 aromatic rings. The zero-order chi connectivity index (χ0) is 17.3. The standard InChI is InChI=1S/C17H20N4O3/c1-17(9-5-7-12-6-3-4-8-13(12)17)11-18-16(22)15-14(21(23)24)10-19-20(15)2/h3-4,6,8,10H,5,7,9,11H2,1-2H3,(H,18,22)/t17-/m1/s1. The molecular formula is C17H20N4O3. The van der Waals surface area contributed by atoms with Gasteiger partial charge in [0.2, 0.25) is 5.69 Å². The van der Waals surface area contributed by atoms with Crippen molar-refractivity contribution in [3.05, 3.63) is 57.4 Å². The average molecular weight is 328 g/mol. The summed E-state index contributed by atoms with van der Waals surface area (Å²) in [6.07, 6.45) is 4.19. The van der Waals surface area contributed by atoms with Crippen LogP contribution in [0.3, 0.4) is 0 Å². The summed E-state index contributed by atoms with van der Waals surface area (Å²) < 4.78 is 1.24.